The number of carbonyl (C=O) groups excluding carboxylic acids is 2. The number of ether oxygens (including phenoxy) is 1. The van der Waals surface area contributed by atoms with Gasteiger partial charge < -0.3 is 14.5 Å². The molecule has 3 heterocycles. The van der Waals surface area contributed by atoms with E-state index in [1.165, 1.54) is 18.4 Å². The molecule has 0 bridgehead atoms. The van der Waals surface area contributed by atoms with Gasteiger partial charge in [0.15, 0.2) is 0 Å². The van der Waals surface area contributed by atoms with Gasteiger partial charge in [-0.15, -0.1) is 0 Å². The second-order valence-corrected chi connectivity index (χ2v) is 10.7. The van der Waals surface area contributed by atoms with Gasteiger partial charge in [0.1, 0.15) is 0 Å². The van der Waals surface area contributed by atoms with E-state index >= 15 is 0 Å². The summed E-state index contributed by atoms with van der Waals surface area (Å²) >= 11 is 0. The average Bonchev–Trinajstić information content (AvgIpc) is 3.06. The summed E-state index contributed by atoms with van der Waals surface area (Å²) in [7, 11) is 0. The Balaban J connectivity index is 1.16. The van der Waals surface area contributed by atoms with Crippen LogP contribution in [0, 0.1) is 5.92 Å². The summed E-state index contributed by atoms with van der Waals surface area (Å²) in [5.41, 5.74) is 2.80. The first kappa shape index (κ1) is 20.5. The molecule has 2 aliphatic carbocycles. The molecule has 2 amide bonds. The number of rotatable bonds is 2. The van der Waals surface area contributed by atoms with Crippen molar-refractivity contribution in [2.45, 2.75) is 81.8 Å². The topological polar surface area (TPSA) is 52.9 Å². The third-order valence-electron chi connectivity index (χ3n) is 9.58. The van der Waals surface area contributed by atoms with E-state index < -0.39 is 0 Å². The standard InChI is InChI=1S/C26H35N3O3/c1-3-32-24(31)29-23-9-8-19-16-20(17-26(19,23)29)27-13-10-25(11-14-27)12-15-28(18(2)30)22-7-5-4-6-21(22)25/h4-7,19-20,23H,3,8-17H2,1-2H3/t19?,20?,23-,26?,29?/m1/s1. The lowest BCUT2D eigenvalue weighted by Crippen LogP contribution is -2.50. The van der Waals surface area contributed by atoms with E-state index in [2.05, 4.69) is 34.1 Å². The van der Waals surface area contributed by atoms with E-state index in [0.717, 1.165) is 57.4 Å². The monoisotopic (exact) mass is 437 g/mol. The van der Waals surface area contributed by atoms with Crippen LogP contribution in [0.15, 0.2) is 24.3 Å². The van der Waals surface area contributed by atoms with Gasteiger partial charge in [-0.2, -0.15) is 0 Å². The highest BCUT2D eigenvalue weighted by Gasteiger charge is 2.75. The van der Waals surface area contributed by atoms with E-state index in [0.29, 0.717) is 24.6 Å². The van der Waals surface area contributed by atoms with Crippen LogP contribution in [0.2, 0.25) is 0 Å². The maximum atomic E-state index is 12.5. The van der Waals surface area contributed by atoms with E-state index in [1.807, 2.05) is 11.8 Å². The van der Waals surface area contributed by atoms with Crippen molar-refractivity contribution in [2.75, 3.05) is 31.1 Å². The Morgan fingerprint density at radius 2 is 1.84 bits per heavy atom. The fourth-order valence-corrected chi connectivity index (χ4v) is 8.05. The van der Waals surface area contributed by atoms with Gasteiger partial charge in [-0.1, -0.05) is 18.2 Å². The maximum absolute atomic E-state index is 12.5. The third kappa shape index (κ3) is 2.74. The van der Waals surface area contributed by atoms with Crippen LogP contribution in [-0.2, 0) is 14.9 Å². The molecule has 0 aromatic heterocycles. The first-order valence-corrected chi connectivity index (χ1v) is 12.6. The molecule has 6 nitrogen and oxygen atoms in total. The minimum atomic E-state index is -0.0886. The fourth-order valence-electron chi connectivity index (χ4n) is 8.05. The van der Waals surface area contributed by atoms with Crippen LogP contribution in [0.1, 0.15) is 64.4 Å². The summed E-state index contributed by atoms with van der Waals surface area (Å²) in [6, 6.07) is 9.58. The molecular formula is C26H35N3O3. The number of fused-ring (bicyclic) bond motifs is 2. The predicted octanol–water partition coefficient (Wildman–Crippen LogP) is 3.93. The van der Waals surface area contributed by atoms with Gasteiger partial charge in [-0.25, -0.2) is 4.79 Å². The number of benzene rings is 1. The summed E-state index contributed by atoms with van der Waals surface area (Å²) in [5.74, 6) is 0.795. The number of nitrogens with zero attached hydrogens (tertiary/aromatic N) is 3. The zero-order chi connectivity index (χ0) is 22.1. The SMILES string of the molecule is CCOC(=O)N1[C@@H]2CCC3CC(N4CCC5(CCN(C(C)=O)c6ccccc65)CC4)CC321. The summed E-state index contributed by atoms with van der Waals surface area (Å²) in [6.45, 7) is 7.10. The highest BCUT2D eigenvalue weighted by atomic mass is 16.6. The molecule has 1 aromatic carbocycles. The highest BCUT2D eigenvalue weighted by molar-refractivity contribution is 5.93. The van der Waals surface area contributed by atoms with Crippen molar-refractivity contribution < 1.29 is 14.3 Å². The Kier molecular flexibility index (Phi) is 4.62. The number of para-hydroxylation sites is 1. The number of hydrogen-bond donors (Lipinski definition) is 0. The van der Waals surface area contributed by atoms with Crippen molar-refractivity contribution in [2.24, 2.45) is 5.92 Å². The molecule has 0 N–H and O–H groups in total. The second-order valence-electron chi connectivity index (χ2n) is 10.7. The Morgan fingerprint density at radius 1 is 1.09 bits per heavy atom. The fraction of sp³-hybridized carbons (Fsp3) is 0.692. The first-order chi connectivity index (χ1) is 15.5. The summed E-state index contributed by atoms with van der Waals surface area (Å²) < 4.78 is 5.37. The van der Waals surface area contributed by atoms with E-state index in [-0.39, 0.29) is 23.0 Å². The zero-order valence-corrected chi connectivity index (χ0v) is 19.4. The van der Waals surface area contributed by atoms with Crippen molar-refractivity contribution in [1.29, 1.82) is 0 Å². The molecule has 4 fully saturated rings. The minimum Gasteiger partial charge on any atom is -0.450 e. The number of amides is 2. The van der Waals surface area contributed by atoms with Gasteiger partial charge in [0.2, 0.25) is 5.91 Å². The Bertz CT molecular complexity index is 940. The molecule has 3 unspecified atom stereocenters. The van der Waals surface area contributed by atoms with E-state index in [1.54, 1.807) is 6.92 Å². The number of hydrogen-bond acceptors (Lipinski definition) is 4. The predicted molar refractivity (Wildman–Crippen MR) is 123 cm³/mol. The van der Waals surface area contributed by atoms with E-state index in [9.17, 15) is 9.59 Å². The molecule has 0 radical (unpaired) electrons. The molecule has 4 atom stereocenters. The minimum absolute atomic E-state index is 0.0886. The molecule has 1 aromatic rings. The number of likely N-dealkylation sites (tertiary alicyclic amines) is 2. The lowest BCUT2D eigenvalue weighted by Gasteiger charge is -2.49. The van der Waals surface area contributed by atoms with Crippen molar-refractivity contribution >= 4 is 17.7 Å². The Labute approximate surface area is 190 Å². The molecule has 2 spiro atoms. The molecule has 6 rings (SSSR count). The van der Waals surface area contributed by atoms with Gasteiger partial charge >= 0.3 is 6.09 Å². The molecule has 2 saturated heterocycles. The quantitative estimate of drug-likeness (QED) is 0.658. The maximum Gasteiger partial charge on any atom is 0.410 e. The van der Waals surface area contributed by atoms with E-state index in [4.69, 9.17) is 4.74 Å². The van der Waals surface area contributed by atoms with Crippen molar-refractivity contribution in [3.8, 4) is 0 Å². The van der Waals surface area contributed by atoms with Gasteiger partial charge in [0.25, 0.3) is 0 Å². The normalized spacial score (nSPS) is 34.8. The molecule has 2 saturated carbocycles. The van der Waals surface area contributed by atoms with Gasteiger partial charge in [-0.3, -0.25) is 9.69 Å². The Hall–Kier alpha value is -2.08. The molecule has 3 aliphatic heterocycles. The van der Waals surface area contributed by atoms with Crippen molar-refractivity contribution in [1.82, 2.24) is 9.80 Å². The average molecular weight is 438 g/mol. The van der Waals surface area contributed by atoms with Crippen LogP contribution in [0.3, 0.4) is 0 Å². The molecular weight excluding hydrogens is 402 g/mol. The number of piperidine rings is 2. The summed E-state index contributed by atoms with van der Waals surface area (Å²) in [6.07, 6.45) is 8.08. The van der Waals surface area contributed by atoms with Gasteiger partial charge in [0, 0.05) is 30.6 Å². The van der Waals surface area contributed by atoms with Crippen LogP contribution in [0.5, 0.6) is 0 Å². The van der Waals surface area contributed by atoms with Crippen molar-refractivity contribution in [3.63, 3.8) is 0 Å². The zero-order valence-electron chi connectivity index (χ0n) is 19.4. The summed E-state index contributed by atoms with van der Waals surface area (Å²) in [4.78, 5) is 31.4. The molecule has 5 aliphatic rings. The van der Waals surface area contributed by atoms with Gasteiger partial charge in [-0.05, 0) is 82.5 Å². The highest BCUT2D eigenvalue weighted by Crippen LogP contribution is 2.65. The summed E-state index contributed by atoms with van der Waals surface area (Å²) in [5, 5.41) is 0. The molecule has 6 heteroatoms. The van der Waals surface area contributed by atoms with Crippen LogP contribution >= 0.6 is 0 Å². The lowest BCUT2D eigenvalue weighted by molar-refractivity contribution is -0.116. The number of anilines is 1. The Morgan fingerprint density at radius 3 is 2.59 bits per heavy atom. The van der Waals surface area contributed by atoms with Crippen LogP contribution in [-0.4, -0.2) is 65.7 Å². The van der Waals surface area contributed by atoms with Crippen LogP contribution < -0.4 is 4.90 Å². The van der Waals surface area contributed by atoms with Gasteiger partial charge in [0.05, 0.1) is 18.2 Å². The lowest BCUT2D eigenvalue weighted by atomic mass is 9.67. The third-order valence-corrected chi connectivity index (χ3v) is 9.58. The second kappa shape index (κ2) is 7.21. The smallest absolute Gasteiger partial charge is 0.410 e. The first-order valence-electron chi connectivity index (χ1n) is 12.6. The van der Waals surface area contributed by atoms with Crippen molar-refractivity contribution in [3.05, 3.63) is 29.8 Å². The largest absolute Gasteiger partial charge is 0.450 e. The van der Waals surface area contributed by atoms with Crippen LogP contribution in [0.4, 0.5) is 10.5 Å². The van der Waals surface area contributed by atoms with Crippen LogP contribution in [0.25, 0.3) is 0 Å². The molecule has 32 heavy (non-hydrogen) atoms. The number of carbonyl (C=O) groups is 2. The molecule has 172 valence electrons.